The third kappa shape index (κ3) is 3.71. The number of anilines is 1. The van der Waals surface area contributed by atoms with Crippen LogP contribution in [0.4, 0.5) is 14.5 Å². The maximum atomic E-state index is 13.6. The van der Waals surface area contributed by atoms with Gasteiger partial charge in [-0.2, -0.15) is 10.2 Å². The van der Waals surface area contributed by atoms with Gasteiger partial charge in [0.1, 0.15) is 5.82 Å². The zero-order valence-corrected chi connectivity index (χ0v) is 14.6. The summed E-state index contributed by atoms with van der Waals surface area (Å²) in [5, 5.41) is 8.41. The number of benzene rings is 1. The van der Waals surface area contributed by atoms with E-state index in [0.29, 0.717) is 12.1 Å². The van der Waals surface area contributed by atoms with Gasteiger partial charge in [-0.1, -0.05) is 0 Å². The minimum Gasteiger partial charge on any atom is -0.276 e. The average Bonchev–Trinajstić information content (AvgIpc) is 3.02. The molecule has 0 unspecified atom stereocenters. The van der Waals surface area contributed by atoms with Crippen LogP contribution < -0.4 is 5.43 Å². The molecule has 25 heavy (non-hydrogen) atoms. The number of aryl methyl sites for hydroxylation is 1. The number of nitrogens with one attached hydrogen (secondary N) is 1. The summed E-state index contributed by atoms with van der Waals surface area (Å²) in [6.07, 6.45) is 2.04. The Morgan fingerprint density at radius 3 is 2.76 bits per heavy atom. The van der Waals surface area contributed by atoms with Gasteiger partial charge >= 0.3 is 0 Å². The van der Waals surface area contributed by atoms with Crippen LogP contribution in [-0.2, 0) is 9.84 Å². The van der Waals surface area contributed by atoms with Crippen molar-refractivity contribution in [3.63, 3.8) is 0 Å². The quantitative estimate of drug-likeness (QED) is 0.665. The second-order valence-electron chi connectivity index (χ2n) is 6.08. The van der Waals surface area contributed by atoms with E-state index in [-0.39, 0.29) is 23.2 Å². The summed E-state index contributed by atoms with van der Waals surface area (Å²) in [5.41, 5.74) is 4.82. The second kappa shape index (κ2) is 6.55. The topological polar surface area (TPSA) is 76.3 Å². The Bertz CT molecular complexity index is 938. The van der Waals surface area contributed by atoms with Crippen molar-refractivity contribution in [2.45, 2.75) is 26.3 Å². The molecule has 0 aliphatic carbocycles. The second-order valence-corrected chi connectivity index (χ2v) is 8.31. The highest BCUT2D eigenvalue weighted by Crippen LogP contribution is 2.26. The fraction of sp³-hybridized carbons (Fsp3) is 0.375. The molecule has 2 aromatic rings. The first-order chi connectivity index (χ1) is 11.8. The smallest absolute Gasteiger partial charge is 0.152 e. The number of hydrazone groups is 1. The van der Waals surface area contributed by atoms with Gasteiger partial charge in [0.15, 0.2) is 15.7 Å². The number of hydrogen-bond acceptors (Lipinski definition) is 5. The monoisotopic (exact) mass is 368 g/mol. The molecule has 0 saturated carbocycles. The van der Waals surface area contributed by atoms with Crippen LogP contribution in [0.15, 0.2) is 23.3 Å². The molecule has 1 aliphatic heterocycles. The standard InChI is InChI=1S/C16H18F2N4O2S/c1-10-14(8-19-20-16-4-3-12(17)7-15(16)18)11(2)22(21-10)13-5-6-25(23,24)9-13/h3-4,7-8,13,20H,5-6,9H2,1-2H3/b19-8-/t13-/m1/s1. The van der Waals surface area contributed by atoms with Crippen molar-refractivity contribution in [2.75, 3.05) is 16.9 Å². The van der Waals surface area contributed by atoms with Crippen molar-refractivity contribution in [2.24, 2.45) is 5.10 Å². The van der Waals surface area contributed by atoms with Gasteiger partial charge in [-0.05, 0) is 32.4 Å². The van der Waals surface area contributed by atoms with Crippen LogP contribution >= 0.6 is 0 Å². The van der Waals surface area contributed by atoms with E-state index in [4.69, 9.17) is 0 Å². The number of aromatic nitrogens is 2. The van der Waals surface area contributed by atoms with Crippen molar-refractivity contribution >= 4 is 21.7 Å². The lowest BCUT2D eigenvalue weighted by atomic mass is 10.2. The molecule has 1 aromatic heterocycles. The molecule has 6 nitrogen and oxygen atoms in total. The predicted molar refractivity (Wildman–Crippen MR) is 91.6 cm³/mol. The normalized spacial score (nSPS) is 19.6. The number of sulfone groups is 1. The SMILES string of the molecule is Cc1nn([C@@H]2CCS(=O)(=O)C2)c(C)c1/C=N\Nc1ccc(F)cc1F. The zero-order valence-electron chi connectivity index (χ0n) is 13.8. The van der Waals surface area contributed by atoms with Gasteiger partial charge in [0.05, 0.1) is 35.1 Å². The Kier molecular flexibility index (Phi) is 4.59. The van der Waals surface area contributed by atoms with Crippen LogP contribution in [0.1, 0.15) is 29.4 Å². The third-order valence-corrected chi connectivity index (χ3v) is 6.00. The average molecular weight is 368 g/mol. The summed E-state index contributed by atoms with van der Waals surface area (Å²) in [4.78, 5) is 0. The van der Waals surface area contributed by atoms with Crippen LogP contribution in [0.3, 0.4) is 0 Å². The van der Waals surface area contributed by atoms with Gasteiger partial charge < -0.3 is 0 Å². The van der Waals surface area contributed by atoms with E-state index in [2.05, 4.69) is 15.6 Å². The van der Waals surface area contributed by atoms with E-state index in [1.165, 1.54) is 12.3 Å². The highest BCUT2D eigenvalue weighted by Gasteiger charge is 2.31. The Balaban J connectivity index is 1.79. The van der Waals surface area contributed by atoms with Crippen molar-refractivity contribution in [1.82, 2.24) is 9.78 Å². The van der Waals surface area contributed by atoms with Gasteiger partial charge in [0, 0.05) is 17.3 Å². The minimum absolute atomic E-state index is 0.0576. The third-order valence-electron chi connectivity index (χ3n) is 4.25. The van der Waals surface area contributed by atoms with E-state index >= 15 is 0 Å². The lowest BCUT2D eigenvalue weighted by Crippen LogP contribution is -2.14. The molecule has 1 aromatic carbocycles. The van der Waals surface area contributed by atoms with Gasteiger partial charge in [-0.15, -0.1) is 0 Å². The first-order valence-electron chi connectivity index (χ1n) is 7.77. The largest absolute Gasteiger partial charge is 0.276 e. The van der Waals surface area contributed by atoms with Crippen LogP contribution in [0.5, 0.6) is 0 Å². The molecular weight excluding hydrogens is 350 g/mol. The molecule has 134 valence electrons. The molecule has 1 N–H and O–H groups in total. The Hall–Kier alpha value is -2.29. The van der Waals surface area contributed by atoms with Gasteiger partial charge in [-0.3, -0.25) is 10.1 Å². The number of rotatable bonds is 4. The van der Waals surface area contributed by atoms with E-state index in [1.54, 1.807) is 11.6 Å². The number of hydrogen-bond donors (Lipinski definition) is 1. The van der Waals surface area contributed by atoms with Crippen molar-refractivity contribution in [3.05, 3.63) is 46.8 Å². The summed E-state index contributed by atoms with van der Waals surface area (Å²) < 4.78 is 51.5. The molecule has 1 saturated heterocycles. The molecule has 0 amide bonds. The molecule has 9 heteroatoms. The first-order valence-corrected chi connectivity index (χ1v) is 9.59. The fourth-order valence-corrected chi connectivity index (χ4v) is 4.62. The number of nitrogens with zero attached hydrogens (tertiary/aromatic N) is 3. The van der Waals surface area contributed by atoms with Crippen LogP contribution in [-0.4, -0.2) is 35.9 Å². The minimum atomic E-state index is -3.00. The van der Waals surface area contributed by atoms with E-state index in [9.17, 15) is 17.2 Å². The van der Waals surface area contributed by atoms with Crippen molar-refractivity contribution < 1.29 is 17.2 Å². The lowest BCUT2D eigenvalue weighted by molar-refractivity contribution is 0.486. The van der Waals surface area contributed by atoms with Gasteiger partial charge in [0.2, 0.25) is 0 Å². The maximum Gasteiger partial charge on any atom is 0.152 e. The van der Waals surface area contributed by atoms with Crippen LogP contribution in [0, 0.1) is 25.5 Å². The van der Waals surface area contributed by atoms with Crippen molar-refractivity contribution in [3.8, 4) is 0 Å². The van der Waals surface area contributed by atoms with Gasteiger partial charge in [-0.25, -0.2) is 17.2 Å². The Morgan fingerprint density at radius 1 is 1.36 bits per heavy atom. The Morgan fingerprint density at radius 2 is 2.12 bits per heavy atom. The van der Waals surface area contributed by atoms with Crippen LogP contribution in [0.2, 0.25) is 0 Å². The highest BCUT2D eigenvalue weighted by molar-refractivity contribution is 7.91. The molecule has 2 heterocycles. The molecule has 0 spiro atoms. The first kappa shape index (κ1) is 17.5. The summed E-state index contributed by atoms with van der Waals surface area (Å²) in [6.45, 7) is 3.64. The lowest BCUT2D eigenvalue weighted by Gasteiger charge is -2.10. The van der Waals surface area contributed by atoms with E-state index in [1.807, 2.05) is 6.92 Å². The summed E-state index contributed by atoms with van der Waals surface area (Å²) in [6, 6.07) is 2.99. The van der Waals surface area contributed by atoms with Crippen LogP contribution in [0.25, 0.3) is 0 Å². The summed E-state index contributed by atoms with van der Waals surface area (Å²) in [5.74, 6) is -1.14. The molecule has 3 rings (SSSR count). The fourth-order valence-electron chi connectivity index (χ4n) is 2.93. The molecule has 1 aliphatic rings. The van der Waals surface area contributed by atoms with E-state index in [0.717, 1.165) is 23.4 Å². The predicted octanol–water partition coefficient (Wildman–Crippen LogP) is 2.58. The molecule has 0 radical (unpaired) electrons. The summed E-state index contributed by atoms with van der Waals surface area (Å²) in [7, 11) is -3.00. The molecule has 0 bridgehead atoms. The van der Waals surface area contributed by atoms with Gasteiger partial charge in [0.25, 0.3) is 0 Å². The highest BCUT2D eigenvalue weighted by atomic mass is 32.2. The molecular formula is C16H18F2N4O2S. The number of halogens is 2. The zero-order chi connectivity index (χ0) is 18.2. The summed E-state index contributed by atoms with van der Waals surface area (Å²) >= 11 is 0. The van der Waals surface area contributed by atoms with Crippen molar-refractivity contribution in [1.29, 1.82) is 0 Å². The Labute approximate surface area is 144 Å². The molecule has 1 atom stereocenters. The molecule has 1 fully saturated rings. The maximum absolute atomic E-state index is 13.6. The van der Waals surface area contributed by atoms with E-state index < -0.39 is 21.5 Å².